The van der Waals surface area contributed by atoms with Crippen LogP contribution in [0.15, 0.2) is 60.7 Å². The topological polar surface area (TPSA) is 9.23 Å². The summed E-state index contributed by atoms with van der Waals surface area (Å²) in [5, 5.41) is 2.92. The van der Waals surface area contributed by atoms with E-state index in [1.807, 2.05) is 0 Å². The Bertz CT molecular complexity index is 1030. The normalized spacial score (nSPS) is 37.9. The van der Waals surface area contributed by atoms with Gasteiger partial charge < -0.3 is 4.43 Å². The van der Waals surface area contributed by atoms with E-state index >= 15 is 0 Å². The highest BCUT2D eigenvalue weighted by molar-refractivity contribution is 6.99. The molecule has 4 fully saturated rings. The summed E-state index contributed by atoms with van der Waals surface area (Å²) < 4.78 is 7.67. The summed E-state index contributed by atoms with van der Waals surface area (Å²) in [6.07, 6.45) is 14.6. The van der Waals surface area contributed by atoms with Crippen LogP contribution in [0.3, 0.4) is 0 Å². The van der Waals surface area contributed by atoms with Gasteiger partial charge in [-0.1, -0.05) is 102 Å². The molecule has 4 aliphatic rings. The molecule has 0 bridgehead atoms. The van der Waals surface area contributed by atoms with Crippen molar-refractivity contribution >= 4 is 18.7 Å². The molecule has 2 aromatic carbocycles. The van der Waals surface area contributed by atoms with E-state index in [1.165, 1.54) is 74.6 Å². The Balaban J connectivity index is 1.29. The largest absolute Gasteiger partial charge is 0.404 e. The second-order valence-electron chi connectivity index (χ2n) is 14.9. The first-order valence-electron chi connectivity index (χ1n) is 15.5. The maximum atomic E-state index is 7.67. The molecule has 0 spiro atoms. The fraction of sp³-hybridized carbons (Fsp3) is 0.657. The second-order valence-corrected chi connectivity index (χ2v) is 19.2. The first-order valence-corrected chi connectivity index (χ1v) is 17.4. The number of rotatable bonds is 4. The molecule has 2 heteroatoms. The highest BCUT2D eigenvalue weighted by Crippen LogP contribution is 2.66. The molecule has 1 nitrogen and oxygen atoms in total. The van der Waals surface area contributed by atoms with Gasteiger partial charge in [-0.15, -0.1) is 0 Å². The van der Waals surface area contributed by atoms with Crippen LogP contribution in [0.4, 0.5) is 0 Å². The van der Waals surface area contributed by atoms with Crippen LogP contribution < -0.4 is 10.4 Å². The molecular formula is C35H50OSi. The molecule has 4 aliphatic carbocycles. The average Bonchev–Trinajstić information content (AvgIpc) is 3.29. The zero-order valence-corrected chi connectivity index (χ0v) is 25.1. The quantitative estimate of drug-likeness (QED) is 0.372. The zero-order valence-electron chi connectivity index (χ0n) is 24.1. The summed E-state index contributed by atoms with van der Waals surface area (Å²) in [6, 6.07) is 22.6. The van der Waals surface area contributed by atoms with Gasteiger partial charge in [-0.2, -0.15) is 0 Å². The zero-order chi connectivity index (χ0) is 25.9. The Kier molecular flexibility index (Phi) is 6.55. The molecular weight excluding hydrogens is 464 g/mol. The van der Waals surface area contributed by atoms with Gasteiger partial charge in [0, 0.05) is 6.10 Å². The fourth-order valence-corrected chi connectivity index (χ4v) is 15.0. The molecule has 0 saturated heterocycles. The highest BCUT2D eigenvalue weighted by Gasteiger charge is 2.59. The van der Waals surface area contributed by atoms with Gasteiger partial charge in [0.15, 0.2) is 0 Å². The van der Waals surface area contributed by atoms with E-state index in [9.17, 15) is 0 Å². The SMILES string of the molecule is CC(C)(C)[Si](O[C@H]1CC[C@@]2(C)[C@@H](CC[C@H]3[C@@H]4CCC[C@@]4(C)CC[C@@H]32)C1)(c1ccccc1)c1ccccc1. The lowest BCUT2D eigenvalue weighted by atomic mass is 9.45. The van der Waals surface area contributed by atoms with Crippen molar-refractivity contribution in [3.8, 4) is 0 Å². The minimum atomic E-state index is -2.48. The van der Waals surface area contributed by atoms with Crippen LogP contribution in [-0.4, -0.2) is 14.4 Å². The molecule has 200 valence electrons. The molecule has 0 aromatic heterocycles. The monoisotopic (exact) mass is 514 g/mol. The third-order valence-corrected chi connectivity index (χ3v) is 17.3. The lowest BCUT2D eigenvalue weighted by Gasteiger charge is -2.61. The maximum Gasteiger partial charge on any atom is 0.261 e. The standard InChI is InChI=1S/C35H50OSi/c1-33(2,3)37(28-13-8-6-9-14-28,29-15-10-7-11-16-29)36-27-20-24-35(5)26(25-27)18-19-30-31-17-12-22-34(31,4)23-21-32(30)35/h6-11,13-16,26-27,30-32H,12,17-25H2,1-5H3/t26-,27-,30-,31-,32-,34-,35-/m0/s1. The van der Waals surface area contributed by atoms with Crippen LogP contribution in [0.1, 0.15) is 98.8 Å². The van der Waals surface area contributed by atoms with Gasteiger partial charge in [0.05, 0.1) is 0 Å². The Morgan fingerprint density at radius 3 is 2.00 bits per heavy atom. The van der Waals surface area contributed by atoms with Crippen LogP contribution in [0.2, 0.25) is 5.04 Å². The summed E-state index contributed by atoms with van der Waals surface area (Å²) in [7, 11) is -2.48. The van der Waals surface area contributed by atoms with Crippen molar-refractivity contribution in [2.24, 2.45) is 34.5 Å². The van der Waals surface area contributed by atoms with Crippen molar-refractivity contribution in [2.75, 3.05) is 0 Å². The molecule has 0 amide bonds. The molecule has 2 aromatic rings. The summed E-state index contributed by atoms with van der Waals surface area (Å²) in [6.45, 7) is 12.6. The van der Waals surface area contributed by atoms with Crippen LogP contribution in [-0.2, 0) is 4.43 Å². The Morgan fingerprint density at radius 1 is 0.730 bits per heavy atom. The van der Waals surface area contributed by atoms with E-state index in [1.54, 1.807) is 0 Å². The van der Waals surface area contributed by atoms with Gasteiger partial charge in [0.1, 0.15) is 0 Å². The van der Waals surface area contributed by atoms with Crippen molar-refractivity contribution in [3.05, 3.63) is 60.7 Å². The van der Waals surface area contributed by atoms with Crippen molar-refractivity contribution in [1.82, 2.24) is 0 Å². The predicted molar refractivity (Wildman–Crippen MR) is 159 cm³/mol. The van der Waals surface area contributed by atoms with Gasteiger partial charge in [0.2, 0.25) is 0 Å². The van der Waals surface area contributed by atoms with Crippen molar-refractivity contribution in [3.63, 3.8) is 0 Å². The third-order valence-electron chi connectivity index (χ3n) is 12.2. The molecule has 6 rings (SSSR count). The van der Waals surface area contributed by atoms with Gasteiger partial charge in [-0.05, 0) is 108 Å². The molecule has 37 heavy (non-hydrogen) atoms. The Labute approximate surface area is 227 Å². The maximum absolute atomic E-state index is 7.67. The third kappa shape index (κ3) is 4.11. The molecule has 0 heterocycles. The van der Waals surface area contributed by atoms with Crippen molar-refractivity contribution in [1.29, 1.82) is 0 Å². The van der Waals surface area contributed by atoms with E-state index in [-0.39, 0.29) is 5.04 Å². The van der Waals surface area contributed by atoms with Crippen LogP contribution in [0.25, 0.3) is 0 Å². The van der Waals surface area contributed by atoms with Gasteiger partial charge in [-0.3, -0.25) is 0 Å². The minimum Gasteiger partial charge on any atom is -0.404 e. The number of fused-ring (bicyclic) bond motifs is 5. The molecule has 0 aliphatic heterocycles. The predicted octanol–water partition coefficient (Wildman–Crippen LogP) is 8.36. The van der Waals surface area contributed by atoms with Gasteiger partial charge >= 0.3 is 0 Å². The van der Waals surface area contributed by atoms with E-state index < -0.39 is 8.32 Å². The Hall–Kier alpha value is -1.38. The summed E-state index contributed by atoms with van der Waals surface area (Å²) in [5.41, 5.74) is 1.19. The van der Waals surface area contributed by atoms with Gasteiger partial charge in [0.25, 0.3) is 8.32 Å². The smallest absolute Gasteiger partial charge is 0.261 e. The highest BCUT2D eigenvalue weighted by atomic mass is 28.4. The lowest BCUT2D eigenvalue weighted by molar-refractivity contribution is -0.118. The second kappa shape index (κ2) is 9.37. The molecule has 0 N–H and O–H groups in total. The minimum absolute atomic E-state index is 0.0599. The van der Waals surface area contributed by atoms with Gasteiger partial charge in [-0.25, -0.2) is 0 Å². The first kappa shape index (κ1) is 25.9. The number of benzene rings is 2. The first-order chi connectivity index (χ1) is 17.7. The average molecular weight is 515 g/mol. The van der Waals surface area contributed by atoms with Crippen LogP contribution in [0, 0.1) is 34.5 Å². The molecule has 7 atom stereocenters. The number of hydrogen-bond acceptors (Lipinski definition) is 1. The van der Waals surface area contributed by atoms with Crippen LogP contribution in [0.5, 0.6) is 0 Å². The molecule has 4 saturated carbocycles. The van der Waals surface area contributed by atoms with E-state index in [2.05, 4.69) is 95.3 Å². The van der Waals surface area contributed by atoms with Crippen molar-refractivity contribution < 1.29 is 4.43 Å². The van der Waals surface area contributed by atoms with Crippen LogP contribution >= 0.6 is 0 Å². The van der Waals surface area contributed by atoms with E-state index in [4.69, 9.17) is 4.43 Å². The molecule has 0 radical (unpaired) electrons. The summed E-state index contributed by atoms with van der Waals surface area (Å²) in [5.74, 6) is 3.79. The van der Waals surface area contributed by atoms with E-state index in [0.717, 1.165) is 23.7 Å². The fourth-order valence-electron chi connectivity index (χ4n) is 10.3. The summed E-state index contributed by atoms with van der Waals surface area (Å²) >= 11 is 0. The Morgan fingerprint density at radius 2 is 1.38 bits per heavy atom. The lowest BCUT2D eigenvalue weighted by Crippen LogP contribution is -2.68. The van der Waals surface area contributed by atoms with E-state index in [0.29, 0.717) is 16.9 Å². The number of hydrogen-bond donors (Lipinski definition) is 0. The van der Waals surface area contributed by atoms with Crippen molar-refractivity contribution in [2.45, 2.75) is 110 Å². The molecule has 0 unspecified atom stereocenters. The summed E-state index contributed by atoms with van der Waals surface area (Å²) in [4.78, 5) is 0.